The van der Waals surface area contributed by atoms with Gasteiger partial charge in [-0.25, -0.2) is 0 Å². The average Bonchev–Trinajstić information content (AvgIpc) is 2.80. The second-order valence-electron chi connectivity index (χ2n) is 6.26. The molecule has 130 valence electrons. The molecule has 0 spiro atoms. The highest BCUT2D eigenvalue weighted by Gasteiger charge is 2.25. The molecule has 4 rings (SSSR count). The molecular weight excluding hydrogens is 340 g/mol. The zero-order valence-electron chi connectivity index (χ0n) is 14.0. The number of fused-ring (bicyclic) bond motifs is 2. The summed E-state index contributed by atoms with van der Waals surface area (Å²) in [7, 11) is 2.05. The van der Waals surface area contributed by atoms with Gasteiger partial charge >= 0.3 is 0 Å². The number of anilines is 1. The first-order valence-corrected chi connectivity index (χ1v) is 8.69. The number of likely N-dealkylation sites (N-methyl/N-ethyl adjacent to an activating group) is 1. The summed E-state index contributed by atoms with van der Waals surface area (Å²) in [6.07, 6.45) is 0. The lowest BCUT2D eigenvalue weighted by Crippen LogP contribution is -2.34. The van der Waals surface area contributed by atoms with Crippen LogP contribution >= 0.6 is 11.6 Å². The number of carbonyl (C=O) groups excluding carboxylic acids is 1. The molecule has 0 aliphatic carbocycles. The van der Waals surface area contributed by atoms with Crippen LogP contribution in [0, 0.1) is 0 Å². The number of nitrogens with zero attached hydrogens (tertiary/aromatic N) is 2. The third-order valence-electron chi connectivity index (χ3n) is 4.60. The Morgan fingerprint density at radius 3 is 2.80 bits per heavy atom. The van der Waals surface area contributed by atoms with E-state index in [1.54, 1.807) is 12.1 Å². The van der Waals surface area contributed by atoms with Crippen LogP contribution in [-0.2, 0) is 6.54 Å². The Labute approximate surface area is 151 Å². The van der Waals surface area contributed by atoms with Crippen LogP contribution in [0.3, 0.4) is 0 Å². The van der Waals surface area contributed by atoms with E-state index in [4.69, 9.17) is 21.1 Å². The first kappa shape index (κ1) is 16.1. The Kier molecular flexibility index (Phi) is 4.17. The molecule has 2 aliphatic rings. The molecular formula is C19H19ClN2O3. The molecule has 0 atom stereocenters. The third-order valence-corrected chi connectivity index (χ3v) is 4.88. The summed E-state index contributed by atoms with van der Waals surface area (Å²) in [6, 6.07) is 11.6. The van der Waals surface area contributed by atoms with Gasteiger partial charge in [0.1, 0.15) is 13.2 Å². The monoisotopic (exact) mass is 358 g/mol. The Morgan fingerprint density at radius 2 is 1.92 bits per heavy atom. The fourth-order valence-corrected chi connectivity index (χ4v) is 3.55. The number of hydrogen-bond donors (Lipinski definition) is 0. The van der Waals surface area contributed by atoms with Crippen LogP contribution in [0.25, 0.3) is 0 Å². The van der Waals surface area contributed by atoms with Crippen molar-refractivity contribution in [3.63, 3.8) is 0 Å². The van der Waals surface area contributed by atoms with Gasteiger partial charge in [0.05, 0.1) is 5.02 Å². The van der Waals surface area contributed by atoms with E-state index in [9.17, 15) is 4.79 Å². The van der Waals surface area contributed by atoms with Crippen LogP contribution < -0.4 is 14.4 Å². The van der Waals surface area contributed by atoms with Crippen molar-refractivity contribution in [2.24, 2.45) is 0 Å². The van der Waals surface area contributed by atoms with Gasteiger partial charge in [-0.2, -0.15) is 0 Å². The number of para-hydroxylation sites is 1. The molecule has 25 heavy (non-hydrogen) atoms. The summed E-state index contributed by atoms with van der Waals surface area (Å²) in [5, 5.41) is 0.410. The zero-order valence-corrected chi connectivity index (χ0v) is 14.8. The molecule has 0 radical (unpaired) electrons. The van der Waals surface area contributed by atoms with E-state index in [0.717, 1.165) is 17.8 Å². The van der Waals surface area contributed by atoms with E-state index in [-0.39, 0.29) is 5.91 Å². The highest BCUT2D eigenvalue weighted by molar-refractivity contribution is 6.32. The minimum Gasteiger partial charge on any atom is -0.486 e. The van der Waals surface area contributed by atoms with E-state index < -0.39 is 0 Å². The quantitative estimate of drug-likeness (QED) is 0.785. The van der Waals surface area contributed by atoms with Gasteiger partial charge in [0.25, 0.3) is 5.91 Å². The minimum atomic E-state index is -0.0519. The first-order valence-electron chi connectivity index (χ1n) is 8.31. The predicted octanol–water partition coefficient (Wildman–Crippen LogP) is 3.20. The van der Waals surface area contributed by atoms with Gasteiger partial charge in [-0.3, -0.25) is 4.79 Å². The van der Waals surface area contributed by atoms with Crippen LogP contribution in [0.1, 0.15) is 15.9 Å². The minimum absolute atomic E-state index is 0.0519. The molecule has 0 unspecified atom stereocenters. The molecule has 0 fully saturated rings. The molecule has 6 heteroatoms. The number of amides is 1. The largest absolute Gasteiger partial charge is 0.486 e. The van der Waals surface area contributed by atoms with Gasteiger partial charge in [0, 0.05) is 37.9 Å². The second-order valence-corrected chi connectivity index (χ2v) is 6.67. The molecule has 2 aromatic carbocycles. The zero-order chi connectivity index (χ0) is 17.4. The molecule has 0 aromatic heterocycles. The van der Waals surface area contributed by atoms with Gasteiger partial charge in [-0.1, -0.05) is 29.8 Å². The molecule has 0 saturated heterocycles. The van der Waals surface area contributed by atoms with Gasteiger partial charge in [-0.05, 0) is 23.8 Å². The van der Waals surface area contributed by atoms with Crippen LogP contribution in [0.4, 0.5) is 5.69 Å². The Bertz CT molecular complexity index is 824. The fourth-order valence-electron chi connectivity index (χ4n) is 3.28. The summed E-state index contributed by atoms with van der Waals surface area (Å²) in [4.78, 5) is 17.1. The third kappa shape index (κ3) is 3.00. The maximum absolute atomic E-state index is 13.1. The summed E-state index contributed by atoms with van der Waals surface area (Å²) < 4.78 is 11.1. The molecule has 0 N–H and O–H groups in total. The van der Waals surface area contributed by atoms with Gasteiger partial charge in [0.15, 0.2) is 11.5 Å². The van der Waals surface area contributed by atoms with E-state index in [1.165, 1.54) is 0 Å². The number of halogens is 1. The molecule has 2 aliphatic heterocycles. The standard InChI is InChI=1S/C19H19ClN2O3/c1-21-6-7-22(12-13-4-2-3-5-16(13)21)19(23)14-10-15(20)18-17(11-14)24-8-9-25-18/h2-5,10-11H,6-9,12H2,1H3. The van der Waals surface area contributed by atoms with E-state index in [2.05, 4.69) is 17.0 Å². The number of carbonyl (C=O) groups is 1. The van der Waals surface area contributed by atoms with Crippen molar-refractivity contribution in [2.75, 3.05) is 38.3 Å². The van der Waals surface area contributed by atoms with Crippen molar-refractivity contribution in [1.29, 1.82) is 0 Å². The lowest BCUT2D eigenvalue weighted by molar-refractivity contribution is 0.0750. The lowest BCUT2D eigenvalue weighted by Gasteiger charge is -2.23. The molecule has 5 nitrogen and oxygen atoms in total. The van der Waals surface area contributed by atoms with E-state index in [0.29, 0.717) is 48.4 Å². The van der Waals surface area contributed by atoms with Gasteiger partial charge in [-0.15, -0.1) is 0 Å². The Balaban J connectivity index is 1.64. The van der Waals surface area contributed by atoms with Gasteiger partial charge < -0.3 is 19.3 Å². The Hall–Kier alpha value is -2.40. The van der Waals surface area contributed by atoms with Crippen molar-refractivity contribution in [2.45, 2.75) is 6.54 Å². The summed E-state index contributed by atoms with van der Waals surface area (Å²) in [5.74, 6) is 1.00. The maximum atomic E-state index is 13.1. The van der Waals surface area contributed by atoms with Crippen LogP contribution in [0.2, 0.25) is 5.02 Å². The molecule has 2 heterocycles. The van der Waals surface area contributed by atoms with Crippen molar-refractivity contribution in [3.8, 4) is 11.5 Å². The predicted molar refractivity (Wildman–Crippen MR) is 96.9 cm³/mol. The van der Waals surface area contributed by atoms with Crippen LogP contribution in [0.15, 0.2) is 36.4 Å². The highest BCUT2D eigenvalue weighted by atomic mass is 35.5. The topological polar surface area (TPSA) is 42.0 Å². The summed E-state index contributed by atoms with van der Waals surface area (Å²) in [5.41, 5.74) is 2.83. The molecule has 2 aromatic rings. The average molecular weight is 359 g/mol. The smallest absolute Gasteiger partial charge is 0.254 e. The number of benzene rings is 2. The highest BCUT2D eigenvalue weighted by Crippen LogP contribution is 2.38. The lowest BCUT2D eigenvalue weighted by atomic mass is 10.1. The molecule has 0 saturated carbocycles. The van der Waals surface area contributed by atoms with Crippen molar-refractivity contribution >= 4 is 23.2 Å². The van der Waals surface area contributed by atoms with Crippen LogP contribution in [0.5, 0.6) is 11.5 Å². The summed E-state index contributed by atoms with van der Waals surface area (Å²) in [6.45, 7) is 2.93. The number of hydrogen-bond acceptors (Lipinski definition) is 4. The van der Waals surface area contributed by atoms with Gasteiger partial charge in [0.2, 0.25) is 0 Å². The number of rotatable bonds is 1. The fraction of sp³-hybridized carbons (Fsp3) is 0.316. The van der Waals surface area contributed by atoms with Crippen molar-refractivity contribution < 1.29 is 14.3 Å². The van der Waals surface area contributed by atoms with Crippen LogP contribution in [-0.4, -0.2) is 44.2 Å². The van der Waals surface area contributed by atoms with Crippen molar-refractivity contribution in [1.82, 2.24) is 4.90 Å². The van der Waals surface area contributed by atoms with Crippen molar-refractivity contribution in [3.05, 3.63) is 52.5 Å². The van der Waals surface area contributed by atoms with E-state index >= 15 is 0 Å². The SMILES string of the molecule is CN1CCN(C(=O)c2cc(Cl)c3c(c2)OCCO3)Cc2ccccc21. The Morgan fingerprint density at radius 1 is 1.12 bits per heavy atom. The van der Waals surface area contributed by atoms with E-state index in [1.807, 2.05) is 24.1 Å². The maximum Gasteiger partial charge on any atom is 0.254 e. The first-order chi connectivity index (χ1) is 12.1. The normalized spacial score (nSPS) is 16.2. The summed E-state index contributed by atoms with van der Waals surface area (Å²) >= 11 is 6.28. The molecule has 0 bridgehead atoms. The molecule has 1 amide bonds. The second kappa shape index (κ2) is 6.48. The number of ether oxygens (including phenoxy) is 2.